The monoisotopic (exact) mass is 458 g/mol. The molecule has 0 unspecified atom stereocenters. The summed E-state index contributed by atoms with van der Waals surface area (Å²) in [6, 6.07) is 6.28. The van der Waals surface area contributed by atoms with Crippen molar-refractivity contribution in [2.45, 2.75) is 45.8 Å². The number of methoxy groups -OCH3 is 1. The van der Waals surface area contributed by atoms with Gasteiger partial charge in [-0.05, 0) is 45.7 Å². The maximum absolute atomic E-state index is 12.7. The SMILES string of the molecule is COC(=O)c1c(-c2cc(C)ccc2C)csc1NC(=O)CSc1nnc(C)n1C(C)C. The maximum atomic E-state index is 12.7. The second-order valence-electron chi connectivity index (χ2n) is 7.49. The molecule has 0 aliphatic heterocycles. The average molecular weight is 459 g/mol. The van der Waals surface area contributed by atoms with Crippen molar-refractivity contribution >= 4 is 40.0 Å². The van der Waals surface area contributed by atoms with Crippen molar-refractivity contribution in [2.75, 3.05) is 18.2 Å². The van der Waals surface area contributed by atoms with Crippen LogP contribution in [0.25, 0.3) is 11.1 Å². The number of amides is 1. The normalized spacial score (nSPS) is 11.1. The highest BCUT2D eigenvalue weighted by Gasteiger charge is 2.23. The molecule has 1 amide bonds. The van der Waals surface area contributed by atoms with E-state index < -0.39 is 5.97 Å². The molecular formula is C22H26N4O3S2. The van der Waals surface area contributed by atoms with Gasteiger partial charge in [0, 0.05) is 17.0 Å². The first-order valence-corrected chi connectivity index (χ1v) is 11.7. The van der Waals surface area contributed by atoms with E-state index in [0.717, 1.165) is 28.1 Å². The highest BCUT2D eigenvalue weighted by atomic mass is 32.2. The van der Waals surface area contributed by atoms with Crippen molar-refractivity contribution in [1.82, 2.24) is 14.8 Å². The molecule has 0 saturated heterocycles. The average Bonchev–Trinajstić information content (AvgIpc) is 3.30. The Morgan fingerprint density at radius 2 is 1.94 bits per heavy atom. The van der Waals surface area contributed by atoms with E-state index in [1.165, 1.54) is 30.2 Å². The predicted molar refractivity (Wildman–Crippen MR) is 125 cm³/mol. The van der Waals surface area contributed by atoms with E-state index in [1.807, 2.05) is 62.8 Å². The lowest BCUT2D eigenvalue weighted by molar-refractivity contribution is -0.113. The third-order valence-electron chi connectivity index (χ3n) is 4.80. The summed E-state index contributed by atoms with van der Waals surface area (Å²) in [5.74, 6) is 0.264. The number of aromatic nitrogens is 3. The number of benzene rings is 1. The second-order valence-corrected chi connectivity index (χ2v) is 9.32. The summed E-state index contributed by atoms with van der Waals surface area (Å²) < 4.78 is 7.00. The number of hydrogen-bond acceptors (Lipinski definition) is 7. The first kappa shape index (κ1) is 23.0. The fraction of sp³-hybridized carbons (Fsp3) is 0.364. The van der Waals surface area contributed by atoms with Gasteiger partial charge in [-0.15, -0.1) is 21.5 Å². The molecule has 3 aromatic rings. The molecule has 1 aromatic carbocycles. The zero-order valence-corrected chi connectivity index (χ0v) is 20.1. The molecule has 0 fully saturated rings. The molecule has 164 valence electrons. The van der Waals surface area contributed by atoms with Gasteiger partial charge in [0.25, 0.3) is 0 Å². The summed E-state index contributed by atoms with van der Waals surface area (Å²) in [7, 11) is 1.34. The van der Waals surface area contributed by atoms with Crippen molar-refractivity contribution in [3.63, 3.8) is 0 Å². The number of carbonyl (C=O) groups is 2. The number of carbonyl (C=O) groups excluding carboxylic acids is 2. The van der Waals surface area contributed by atoms with E-state index in [1.54, 1.807) is 0 Å². The Balaban J connectivity index is 1.83. The number of anilines is 1. The fourth-order valence-electron chi connectivity index (χ4n) is 3.31. The van der Waals surface area contributed by atoms with E-state index in [4.69, 9.17) is 4.74 Å². The van der Waals surface area contributed by atoms with Crippen molar-refractivity contribution in [1.29, 1.82) is 0 Å². The lowest BCUT2D eigenvalue weighted by atomic mass is 9.97. The smallest absolute Gasteiger partial charge is 0.341 e. The number of esters is 1. The van der Waals surface area contributed by atoms with Gasteiger partial charge in [-0.1, -0.05) is 35.5 Å². The van der Waals surface area contributed by atoms with Gasteiger partial charge >= 0.3 is 5.97 Å². The third-order valence-corrected chi connectivity index (χ3v) is 6.64. The molecule has 0 aliphatic carbocycles. The zero-order valence-electron chi connectivity index (χ0n) is 18.5. The number of ether oxygens (including phenoxy) is 1. The van der Waals surface area contributed by atoms with Crippen LogP contribution in [-0.4, -0.2) is 39.5 Å². The molecule has 0 spiro atoms. The topological polar surface area (TPSA) is 86.1 Å². The molecule has 0 bridgehead atoms. The molecule has 0 saturated carbocycles. The third kappa shape index (κ3) is 4.99. The van der Waals surface area contributed by atoms with Crippen molar-refractivity contribution < 1.29 is 14.3 Å². The number of thioether (sulfide) groups is 1. The van der Waals surface area contributed by atoms with Gasteiger partial charge in [0.15, 0.2) is 5.16 Å². The molecule has 9 heteroatoms. The summed E-state index contributed by atoms with van der Waals surface area (Å²) >= 11 is 2.63. The van der Waals surface area contributed by atoms with Gasteiger partial charge in [-0.2, -0.15) is 0 Å². The summed E-state index contributed by atoms with van der Waals surface area (Å²) in [6.07, 6.45) is 0. The van der Waals surface area contributed by atoms with Gasteiger partial charge in [0.05, 0.1) is 12.9 Å². The molecular weight excluding hydrogens is 432 g/mol. The molecule has 7 nitrogen and oxygen atoms in total. The van der Waals surface area contributed by atoms with Gasteiger partial charge < -0.3 is 14.6 Å². The van der Waals surface area contributed by atoms with Crippen LogP contribution in [-0.2, 0) is 9.53 Å². The van der Waals surface area contributed by atoms with Gasteiger partial charge in [-0.25, -0.2) is 4.79 Å². The Bertz CT molecular complexity index is 1120. The number of nitrogens with one attached hydrogen (secondary N) is 1. The number of thiophene rings is 1. The highest BCUT2D eigenvalue weighted by Crippen LogP contribution is 2.38. The predicted octanol–water partition coefficient (Wildman–Crippen LogP) is 5.03. The summed E-state index contributed by atoms with van der Waals surface area (Å²) in [5, 5.41) is 14.2. The van der Waals surface area contributed by atoms with Crippen molar-refractivity contribution in [3.8, 4) is 11.1 Å². The molecule has 31 heavy (non-hydrogen) atoms. The van der Waals surface area contributed by atoms with Gasteiger partial charge in [0.2, 0.25) is 5.91 Å². The van der Waals surface area contributed by atoms with Gasteiger partial charge in [0.1, 0.15) is 16.4 Å². The molecule has 3 rings (SSSR count). The maximum Gasteiger partial charge on any atom is 0.341 e. The first-order valence-electron chi connectivity index (χ1n) is 9.84. The Hall–Kier alpha value is -2.65. The van der Waals surface area contributed by atoms with Crippen LogP contribution in [0.2, 0.25) is 0 Å². The van der Waals surface area contributed by atoms with Crippen LogP contribution in [0.5, 0.6) is 0 Å². The number of rotatable bonds is 7. The molecule has 1 N–H and O–H groups in total. The fourth-order valence-corrected chi connectivity index (χ4v) is 5.19. The van der Waals surface area contributed by atoms with E-state index in [2.05, 4.69) is 15.5 Å². The van der Waals surface area contributed by atoms with Crippen LogP contribution in [0, 0.1) is 20.8 Å². The minimum absolute atomic E-state index is 0.155. The Labute approximate surface area is 190 Å². The summed E-state index contributed by atoms with van der Waals surface area (Å²) in [4.78, 5) is 25.2. The van der Waals surface area contributed by atoms with Crippen molar-refractivity contribution in [2.24, 2.45) is 0 Å². The molecule has 2 heterocycles. The molecule has 0 aliphatic rings. The summed E-state index contributed by atoms with van der Waals surface area (Å²) in [5.41, 5.74) is 4.23. The zero-order chi connectivity index (χ0) is 22.7. The number of nitrogens with zero attached hydrogens (tertiary/aromatic N) is 3. The quantitative estimate of drug-likeness (QED) is 0.395. The van der Waals surface area contributed by atoms with Crippen LogP contribution < -0.4 is 5.32 Å². The molecule has 0 radical (unpaired) electrons. The lowest BCUT2D eigenvalue weighted by Crippen LogP contribution is -2.16. The van der Waals surface area contributed by atoms with Crippen LogP contribution >= 0.6 is 23.1 Å². The van der Waals surface area contributed by atoms with E-state index >= 15 is 0 Å². The Morgan fingerprint density at radius 1 is 1.19 bits per heavy atom. The largest absolute Gasteiger partial charge is 0.465 e. The number of hydrogen-bond donors (Lipinski definition) is 1. The Morgan fingerprint density at radius 3 is 2.61 bits per heavy atom. The van der Waals surface area contributed by atoms with Gasteiger partial charge in [-0.3, -0.25) is 4.79 Å². The van der Waals surface area contributed by atoms with E-state index in [-0.39, 0.29) is 17.7 Å². The van der Waals surface area contributed by atoms with Crippen LogP contribution in [0.1, 0.15) is 47.2 Å². The van der Waals surface area contributed by atoms with E-state index in [9.17, 15) is 9.59 Å². The molecule has 0 atom stereocenters. The molecule has 2 aromatic heterocycles. The minimum atomic E-state index is -0.477. The second kappa shape index (κ2) is 9.65. The van der Waals surface area contributed by atoms with Crippen LogP contribution in [0.15, 0.2) is 28.7 Å². The first-order chi connectivity index (χ1) is 14.7. The standard InChI is InChI=1S/C22H26N4O3S2/c1-12(2)26-15(5)24-25-22(26)31-11-18(27)23-20-19(21(28)29-6)17(10-30-20)16-9-13(3)7-8-14(16)4/h7-10,12H,11H2,1-6H3,(H,23,27). The van der Waals surface area contributed by atoms with E-state index in [0.29, 0.717) is 15.7 Å². The highest BCUT2D eigenvalue weighted by molar-refractivity contribution is 7.99. The van der Waals surface area contributed by atoms with Crippen molar-refractivity contribution in [3.05, 3.63) is 46.1 Å². The Kier molecular flexibility index (Phi) is 7.17. The van der Waals surface area contributed by atoms with Crippen LogP contribution in [0.3, 0.4) is 0 Å². The lowest BCUT2D eigenvalue weighted by Gasteiger charge is -2.12. The minimum Gasteiger partial charge on any atom is -0.465 e. The summed E-state index contributed by atoms with van der Waals surface area (Å²) in [6.45, 7) is 9.98. The van der Waals surface area contributed by atoms with Crippen LogP contribution in [0.4, 0.5) is 5.00 Å². The number of aryl methyl sites for hydroxylation is 3.